The maximum Gasteiger partial charge on any atom is 0.339 e. The molecule has 1 aromatic heterocycles. The highest BCUT2D eigenvalue weighted by atomic mass is 16.5. The van der Waals surface area contributed by atoms with E-state index in [4.69, 9.17) is 13.9 Å². The maximum absolute atomic E-state index is 12.1. The minimum atomic E-state index is -0.236. The van der Waals surface area contributed by atoms with E-state index in [1.54, 1.807) is 0 Å². The highest BCUT2D eigenvalue weighted by Crippen LogP contribution is 2.38. The minimum Gasteiger partial charge on any atom is -0.490 e. The second kappa shape index (κ2) is 5.19. The molecule has 0 N–H and O–H groups in total. The van der Waals surface area contributed by atoms with Crippen molar-refractivity contribution in [1.82, 2.24) is 0 Å². The van der Waals surface area contributed by atoms with E-state index in [0.29, 0.717) is 30.3 Å². The van der Waals surface area contributed by atoms with E-state index < -0.39 is 0 Å². The number of hydrogen-bond acceptors (Lipinski definition) is 4. The van der Waals surface area contributed by atoms with Crippen LogP contribution in [0.25, 0.3) is 11.0 Å². The van der Waals surface area contributed by atoms with E-state index in [2.05, 4.69) is 0 Å². The molecule has 0 radical (unpaired) electrons. The fourth-order valence-corrected chi connectivity index (χ4v) is 2.85. The standard InChI is InChI=1S/C16H18O4/c1-3-18-13-9-8-11-10-6-5-7-12(10)16(17)20-14(11)15(13)19-4-2/h8-9H,3-7H2,1-2H3. The average Bonchev–Trinajstić information content (AvgIpc) is 2.92. The van der Waals surface area contributed by atoms with Crippen LogP contribution in [0.3, 0.4) is 0 Å². The van der Waals surface area contributed by atoms with Gasteiger partial charge in [-0.1, -0.05) is 0 Å². The predicted octanol–water partition coefficient (Wildman–Crippen LogP) is 3.08. The normalized spacial score (nSPS) is 13.5. The molecule has 1 heterocycles. The Kier molecular flexibility index (Phi) is 3.38. The lowest BCUT2D eigenvalue weighted by Gasteiger charge is -2.13. The van der Waals surface area contributed by atoms with Crippen LogP contribution in [0.2, 0.25) is 0 Å². The van der Waals surface area contributed by atoms with E-state index >= 15 is 0 Å². The first-order valence-corrected chi connectivity index (χ1v) is 7.13. The number of ether oxygens (including phenoxy) is 2. The Morgan fingerprint density at radius 3 is 2.60 bits per heavy atom. The van der Waals surface area contributed by atoms with Gasteiger partial charge in [-0.05, 0) is 50.8 Å². The molecule has 2 aromatic rings. The van der Waals surface area contributed by atoms with Crippen molar-refractivity contribution in [2.75, 3.05) is 13.2 Å². The zero-order chi connectivity index (χ0) is 14.1. The molecular formula is C16H18O4. The molecule has 0 bridgehead atoms. The Labute approximate surface area is 117 Å². The first kappa shape index (κ1) is 13.0. The van der Waals surface area contributed by atoms with Gasteiger partial charge in [-0.15, -0.1) is 0 Å². The van der Waals surface area contributed by atoms with Gasteiger partial charge in [0, 0.05) is 10.9 Å². The van der Waals surface area contributed by atoms with Crippen LogP contribution in [0.1, 0.15) is 31.4 Å². The van der Waals surface area contributed by atoms with Gasteiger partial charge in [0.2, 0.25) is 5.75 Å². The Morgan fingerprint density at radius 2 is 1.85 bits per heavy atom. The van der Waals surface area contributed by atoms with Crippen molar-refractivity contribution in [3.63, 3.8) is 0 Å². The molecule has 1 aromatic carbocycles. The molecule has 0 amide bonds. The van der Waals surface area contributed by atoms with Crippen LogP contribution in [0.4, 0.5) is 0 Å². The van der Waals surface area contributed by atoms with Crippen molar-refractivity contribution >= 4 is 11.0 Å². The van der Waals surface area contributed by atoms with E-state index in [1.807, 2.05) is 26.0 Å². The summed E-state index contributed by atoms with van der Waals surface area (Å²) < 4.78 is 16.7. The molecule has 0 saturated carbocycles. The molecule has 3 rings (SSSR count). The second-order valence-corrected chi connectivity index (χ2v) is 4.84. The molecule has 0 saturated heterocycles. The van der Waals surface area contributed by atoms with Crippen LogP contribution in [-0.2, 0) is 12.8 Å². The summed E-state index contributed by atoms with van der Waals surface area (Å²) in [7, 11) is 0. The van der Waals surface area contributed by atoms with Crippen molar-refractivity contribution in [2.24, 2.45) is 0 Å². The molecule has 1 aliphatic rings. The van der Waals surface area contributed by atoms with Crippen molar-refractivity contribution in [3.05, 3.63) is 33.7 Å². The quantitative estimate of drug-likeness (QED) is 0.804. The lowest BCUT2D eigenvalue weighted by molar-refractivity contribution is 0.286. The summed E-state index contributed by atoms with van der Waals surface area (Å²) in [5.74, 6) is 1.17. The molecule has 0 atom stereocenters. The smallest absolute Gasteiger partial charge is 0.339 e. The van der Waals surface area contributed by atoms with Crippen LogP contribution >= 0.6 is 0 Å². The van der Waals surface area contributed by atoms with Crippen LogP contribution in [-0.4, -0.2) is 13.2 Å². The Balaban J connectivity index is 2.31. The SMILES string of the molecule is CCOc1ccc2c3c(c(=O)oc2c1OCC)CCC3. The first-order valence-electron chi connectivity index (χ1n) is 7.13. The van der Waals surface area contributed by atoms with Gasteiger partial charge in [0.05, 0.1) is 13.2 Å². The summed E-state index contributed by atoms with van der Waals surface area (Å²) in [6.45, 7) is 4.86. The van der Waals surface area contributed by atoms with Gasteiger partial charge < -0.3 is 13.9 Å². The number of benzene rings is 1. The molecule has 0 aliphatic heterocycles. The lowest BCUT2D eigenvalue weighted by atomic mass is 10.1. The summed E-state index contributed by atoms with van der Waals surface area (Å²) in [5.41, 5.74) is 2.22. The van der Waals surface area contributed by atoms with E-state index in [1.165, 1.54) is 0 Å². The topological polar surface area (TPSA) is 48.7 Å². The number of aryl methyl sites for hydroxylation is 1. The fraction of sp³-hybridized carbons (Fsp3) is 0.438. The van der Waals surface area contributed by atoms with Gasteiger partial charge in [-0.2, -0.15) is 0 Å². The van der Waals surface area contributed by atoms with Crippen molar-refractivity contribution in [1.29, 1.82) is 0 Å². The number of fused-ring (bicyclic) bond motifs is 3. The van der Waals surface area contributed by atoms with Crippen molar-refractivity contribution in [2.45, 2.75) is 33.1 Å². The summed E-state index contributed by atoms with van der Waals surface area (Å²) in [6.07, 6.45) is 2.75. The second-order valence-electron chi connectivity index (χ2n) is 4.84. The van der Waals surface area contributed by atoms with Gasteiger partial charge >= 0.3 is 5.63 Å². The van der Waals surface area contributed by atoms with E-state index in [-0.39, 0.29) is 5.63 Å². The lowest BCUT2D eigenvalue weighted by Crippen LogP contribution is -2.08. The van der Waals surface area contributed by atoms with Crippen LogP contribution < -0.4 is 15.1 Å². The molecule has 4 nitrogen and oxygen atoms in total. The van der Waals surface area contributed by atoms with E-state index in [9.17, 15) is 4.79 Å². The molecule has 0 spiro atoms. The van der Waals surface area contributed by atoms with Crippen molar-refractivity contribution in [3.8, 4) is 11.5 Å². The molecule has 20 heavy (non-hydrogen) atoms. The average molecular weight is 274 g/mol. The van der Waals surface area contributed by atoms with Gasteiger partial charge in [0.15, 0.2) is 11.3 Å². The molecule has 106 valence electrons. The highest BCUT2D eigenvalue weighted by Gasteiger charge is 2.23. The van der Waals surface area contributed by atoms with Gasteiger partial charge in [-0.25, -0.2) is 4.79 Å². The summed E-state index contributed by atoms with van der Waals surface area (Å²) in [5, 5.41) is 0.976. The summed E-state index contributed by atoms with van der Waals surface area (Å²) >= 11 is 0. The first-order chi connectivity index (χ1) is 9.76. The van der Waals surface area contributed by atoms with E-state index in [0.717, 1.165) is 35.8 Å². The molecule has 0 fully saturated rings. The summed E-state index contributed by atoms with van der Waals surface area (Å²) in [6, 6.07) is 3.87. The molecule has 1 aliphatic carbocycles. The third-order valence-corrected chi connectivity index (χ3v) is 3.65. The molecule has 4 heteroatoms. The monoisotopic (exact) mass is 274 g/mol. The Hall–Kier alpha value is -1.97. The Bertz CT molecular complexity index is 700. The van der Waals surface area contributed by atoms with Crippen LogP contribution in [0.15, 0.2) is 21.3 Å². The molecule has 0 unspecified atom stereocenters. The summed E-state index contributed by atoms with van der Waals surface area (Å²) in [4.78, 5) is 12.1. The third-order valence-electron chi connectivity index (χ3n) is 3.65. The van der Waals surface area contributed by atoms with Crippen LogP contribution in [0.5, 0.6) is 11.5 Å². The number of hydrogen-bond donors (Lipinski definition) is 0. The predicted molar refractivity (Wildman–Crippen MR) is 76.8 cm³/mol. The minimum absolute atomic E-state index is 0.236. The number of rotatable bonds is 4. The van der Waals surface area contributed by atoms with Gasteiger partial charge in [-0.3, -0.25) is 0 Å². The zero-order valence-corrected chi connectivity index (χ0v) is 11.8. The van der Waals surface area contributed by atoms with Gasteiger partial charge in [0.1, 0.15) is 0 Å². The van der Waals surface area contributed by atoms with Crippen LogP contribution in [0, 0.1) is 0 Å². The fourth-order valence-electron chi connectivity index (χ4n) is 2.85. The van der Waals surface area contributed by atoms with Gasteiger partial charge in [0.25, 0.3) is 0 Å². The zero-order valence-electron chi connectivity index (χ0n) is 11.8. The highest BCUT2D eigenvalue weighted by molar-refractivity contribution is 5.89. The maximum atomic E-state index is 12.1. The largest absolute Gasteiger partial charge is 0.490 e. The van der Waals surface area contributed by atoms with Crippen molar-refractivity contribution < 1.29 is 13.9 Å². The molecular weight excluding hydrogens is 256 g/mol. The third kappa shape index (κ3) is 1.96. The Morgan fingerprint density at radius 1 is 1.10 bits per heavy atom.